The molecule has 4 rings (SSSR count). The lowest BCUT2D eigenvalue weighted by atomic mass is 10.1. The minimum absolute atomic E-state index is 0.0527. The molecule has 5 heteroatoms. The van der Waals surface area contributed by atoms with Gasteiger partial charge in [-0.1, -0.05) is 26.0 Å². The minimum atomic E-state index is -0.0527. The first-order valence-electron chi connectivity index (χ1n) is 7.63. The van der Waals surface area contributed by atoms with Gasteiger partial charge in [0.2, 0.25) is 0 Å². The second-order valence-electron chi connectivity index (χ2n) is 6.18. The molecular weight excluding hydrogens is 306 g/mol. The molecule has 0 radical (unpaired) electrons. The number of nitrogens with zero attached hydrogens (tertiary/aromatic N) is 2. The molecular formula is C18H17N3OS. The number of nitrogens with one attached hydrogen (secondary N) is 1. The number of H-pyrrole nitrogens is 1. The summed E-state index contributed by atoms with van der Waals surface area (Å²) < 4.78 is 1.62. The number of thiophene rings is 1. The Kier molecular flexibility index (Phi) is 3.13. The average molecular weight is 323 g/mol. The van der Waals surface area contributed by atoms with Crippen molar-refractivity contribution < 1.29 is 0 Å². The van der Waals surface area contributed by atoms with Crippen LogP contribution in [-0.4, -0.2) is 14.8 Å². The van der Waals surface area contributed by atoms with E-state index in [2.05, 4.69) is 30.0 Å². The SMILES string of the molecule is Cc1ccc2c(c1)ncc1c(=O)n(-c3csc(C(C)C)c3)[nH]c12. The highest BCUT2D eigenvalue weighted by Crippen LogP contribution is 2.26. The van der Waals surface area contributed by atoms with E-state index in [0.717, 1.165) is 27.7 Å². The third kappa shape index (κ3) is 2.19. The molecule has 0 bridgehead atoms. The molecule has 116 valence electrons. The number of fused-ring (bicyclic) bond motifs is 3. The van der Waals surface area contributed by atoms with E-state index in [9.17, 15) is 4.79 Å². The van der Waals surface area contributed by atoms with Crippen LogP contribution in [0, 0.1) is 6.92 Å². The van der Waals surface area contributed by atoms with Gasteiger partial charge < -0.3 is 0 Å². The van der Waals surface area contributed by atoms with Crippen LogP contribution < -0.4 is 5.56 Å². The van der Waals surface area contributed by atoms with Crippen LogP contribution in [0.25, 0.3) is 27.5 Å². The fraction of sp³-hybridized carbons (Fsp3) is 0.222. The highest BCUT2D eigenvalue weighted by molar-refractivity contribution is 7.10. The molecule has 0 aliphatic rings. The third-order valence-corrected chi connectivity index (χ3v) is 5.34. The zero-order valence-corrected chi connectivity index (χ0v) is 14.1. The first kappa shape index (κ1) is 14.2. The molecule has 0 fully saturated rings. The second-order valence-corrected chi connectivity index (χ2v) is 7.12. The molecule has 3 heterocycles. The molecule has 0 atom stereocenters. The van der Waals surface area contributed by atoms with E-state index in [4.69, 9.17) is 0 Å². The predicted molar refractivity (Wildman–Crippen MR) is 95.9 cm³/mol. The number of pyridine rings is 1. The lowest BCUT2D eigenvalue weighted by Gasteiger charge is -2.00. The van der Waals surface area contributed by atoms with Crippen molar-refractivity contribution >= 4 is 33.1 Å². The van der Waals surface area contributed by atoms with Crippen LogP contribution in [0.1, 0.15) is 30.2 Å². The lowest BCUT2D eigenvalue weighted by Crippen LogP contribution is -2.13. The van der Waals surface area contributed by atoms with Gasteiger partial charge in [0.25, 0.3) is 5.56 Å². The molecule has 0 saturated carbocycles. The normalized spacial score (nSPS) is 11.8. The van der Waals surface area contributed by atoms with Crippen LogP contribution >= 0.6 is 11.3 Å². The summed E-state index contributed by atoms with van der Waals surface area (Å²) in [7, 11) is 0. The number of aryl methyl sites for hydroxylation is 1. The van der Waals surface area contributed by atoms with E-state index in [-0.39, 0.29) is 5.56 Å². The summed E-state index contributed by atoms with van der Waals surface area (Å²) >= 11 is 1.68. The van der Waals surface area contributed by atoms with E-state index in [1.807, 2.05) is 30.5 Å². The fourth-order valence-corrected chi connectivity index (χ4v) is 3.70. The van der Waals surface area contributed by atoms with Crippen LogP contribution in [0.4, 0.5) is 0 Å². The lowest BCUT2D eigenvalue weighted by molar-refractivity contribution is 0.856. The molecule has 1 N–H and O–H groups in total. The third-order valence-electron chi connectivity index (χ3n) is 4.11. The van der Waals surface area contributed by atoms with Gasteiger partial charge in [0, 0.05) is 21.8 Å². The van der Waals surface area contributed by atoms with Crippen molar-refractivity contribution in [2.24, 2.45) is 0 Å². The Morgan fingerprint density at radius 3 is 2.78 bits per heavy atom. The summed E-state index contributed by atoms with van der Waals surface area (Å²) in [5.41, 5.74) is 3.74. The van der Waals surface area contributed by atoms with Gasteiger partial charge in [0.05, 0.1) is 22.1 Å². The van der Waals surface area contributed by atoms with E-state index >= 15 is 0 Å². The number of hydrogen-bond acceptors (Lipinski definition) is 3. The molecule has 4 aromatic rings. The Hall–Kier alpha value is -2.40. The molecule has 0 aliphatic carbocycles. The second kappa shape index (κ2) is 5.06. The van der Waals surface area contributed by atoms with Gasteiger partial charge in [-0.15, -0.1) is 11.3 Å². The van der Waals surface area contributed by atoms with E-state index in [1.165, 1.54) is 4.88 Å². The summed E-state index contributed by atoms with van der Waals surface area (Å²) in [5, 5.41) is 6.88. The summed E-state index contributed by atoms with van der Waals surface area (Å²) in [6.07, 6.45) is 1.67. The molecule has 0 aliphatic heterocycles. The quantitative estimate of drug-likeness (QED) is 0.596. The Labute approximate surface area is 137 Å². The summed E-state index contributed by atoms with van der Waals surface area (Å²) in [4.78, 5) is 18.4. The van der Waals surface area contributed by atoms with Crippen LogP contribution in [0.5, 0.6) is 0 Å². The van der Waals surface area contributed by atoms with Gasteiger partial charge in [-0.05, 0) is 30.5 Å². The van der Waals surface area contributed by atoms with Crippen molar-refractivity contribution in [2.45, 2.75) is 26.7 Å². The molecule has 3 aromatic heterocycles. The fourth-order valence-electron chi connectivity index (χ4n) is 2.81. The Morgan fingerprint density at radius 1 is 1.22 bits per heavy atom. The van der Waals surface area contributed by atoms with Gasteiger partial charge in [-0.25, -0.2) is 4.68 Å². The van der Waals surface area contributed by atoms with Gasteiger partial charge >= 0.3 is 0 Å². The van der Waals surface area contributed by atoms with Gasteiger partial charge in [0.15, 0.2) is 0 Å². The maximum absolute atomic E-state index is 12.7. The number of aromatic amines is 1. The number of aromatic nitrogens is 3. The van der Waals surface area contributed by atoms with Crippen LogP contribution in [-0.2, 0) is 0 Å². The molecule has 0 amide bonds. The standard InChI is InChI=1S/C18H17N3OS/c1-10(2)16-7-12(9-23-16)21-18(22)14-8-19-15-6-11(3)4-5-13(15)17(14)20-21/h4-10,20H,1-3H3. The summed E-state index contributed by atoms with van der Waals surface area (Å²) in [6, 6.07) is 8.17. The Morgan fingerprint density at radius 2 is 2.04 bits per heavy atom. The van der Waals surface area contributed by atoms with Crippen molar-refractivity contribution in [3.05, 3.63) is 56.6 Å². The topological polar surface area (TPSA) is 50.7 Å². The molecule has 23 heavy (non-hydrogen) atoms. The summed E-state index contributed by atoms with van der Waals surface area (Å²) in [5.74, 6) is 0.458. The monoisotopic (exact) mass is 323 g/mol. The van der Waals surface area contributed by atoms with Gasteiger partial charge in [-0.2, -0.15) is 0 Å². The van der Waals surface area contributed by atoms with Crippen molar-refractivity contribution in [3.8, 4) is 5.69 Å². The van der Waals surface area contributed by atoms with Crippen molar-refractivity contribution in [3.63, 3.8) is 0 Å². The Bertz CT molecular complexity index is 1080. The minimum Gasteiger partial charge on any atom is -0.290 e. The van der Waals surface area contributed by atoms with Crippen molar-refractivity contribution in [1.29, 1.82) is 0 Å². The highest BCUT2D eigenvalue weighted by Gasteiger charge is 2.13. The number of benzene rings is 1. The maximum Gasteiger partial charge on any atom is 0.280 e. The largest absolute Gasteiger partial charge is 0.290 e. The molecule has 1 aromatic carbocycles. The zero-order chi connectivity index (χ0) is 16.1. The first-order valence-corrected chi connectivity index (χ1v) is 8.51. The first-order chi connectivity index (χ1) is 11.0. The molecule has 0 spiro atoms. The van der Waals surface area contributed by atoms with Crippen molar-refractivity contribution in [2.75, 3.05) is 0 Å². The summed E-state index contributed by atoms with van der Waals surface area (Å²) in [6.45, 7) is 6.35. The van der Waals surface area contributed by atoms with Crippen LogP contribution in [0.2, 0.25) is 0 Å². The van der Waals surface area contributed by atoms with Crippen molar-refractivity contribution in [1.82, 2.24) is 14.8 Å². The van der Waals surface area contributed by atoms with E-state index < -0.39 is 0 Å². The number of hydrogen-bond donors (Lipinski definition) is 1. The predicted octanol–water partition coefficient (Wildman–Crippen LogP) is 4.36. The molecule has 0 saturated heterocycles. The van der Waals surface area contributed by atoms with Crippen LogP contribution in [0.3, 0.4) is 0 Å². The van der Waals surface area contributed by atoms with Crippen LogP contribution in [0.15, 0.2) is 40.6 Å². The van der Waals surface area contributed by atoms with E-state index in [0.29, 0.717) is 11.3 Å². The van der Waals surface area contributed by atoms with E-state index in [1.54, 1.807) is 22.2 Å². The maximum atomic E-state index is 12.7. The highest BCUT2D eigenvalue weighted by atomic mass is 32.1. The average Bonchev–Trinajstić information content (AvgIpc) is 3.12. The Balaban J connectivity index is 1.99. The smallest absolute Gasteiger partial charge is 0.280 e. The van der Waals surface area contributed by atoms with Gasteiger partial charge in [0.1, 0.15) is 0 Å². The van der Waals surface area contributed by atoms with Gasteiger partial charge in [-0.3, -0.25) is 14.9 Å². The zero-order valence-electron chi connectivity index (χ0n) is 13.3. The molecule has 0 unspecified atom stereocenters. The molecule has 4 nitrogen and oxygen atoms in total. The number of rotatable bonds is 2.